The first-order valence-corrected chi connectivity index (χ1v) is 11.5. The second-order valence-corrected chi connectivity index (χ2v) is 9.13. The summed E-state index contributed by atoms with van der Waals surface area (Å²) in [5, 5.41) is 0. The second-order valence-electron chi connectivity index (χ2n) is 9.13. The van der Waals surface area contributed by atoms with Crippen molar-refractivity contribution in [3.63, 3.8) is 0 Å². The summed E-state index contributed by atoms with van der Waals surface area (Å²) in [4.78, 5) is 0. The van der Waals surface area contributed by atoms with E-state index in [0.29, 0.717) is 0 Å². The van der Waals surface area contributed by atoms with E-state index in [1.165, 1.54) is 76.2 Å². The highest BCUT2D eigenvalue weighted by atomic mass is 16.5. The van der Waals surface area contributed by atoms with E-state index in [-0.39, 0.29) is 0 Å². The summed E-state index contributed by atoms with van der Waals surface area (Å²) in [5.74, 6) is 4.62. The van der Waals surface area contributed by atoms with Crippen LogP contribution in [0.5, 0.6) is 5.75 Å². The lowest BCUT2D eigenvalue weighted by Gasteiger charge is -2.31. The first-order valence-electron chi connectivity index (χ1n) is 11.5. The molecule has 0 heterocycles. The van der Waals surface area contributed by atoms with Gasteiger partial charge in [-0.05, 0) is 98.7 Å². The molecule has 0 atom stereocenters. The second kappa shape index (κ2) is 10.3. The molecule has 2 aliphatic carbocycles. The van der Waals surface area contributed by atoms with Crippen LogP contribution < -0.4 is 4.74 Å². The maximum Gasteiger partial charge on any atom is 0.122 e. The van der Waals surface area contributed by atoms with E-state index in [1.54, 1.807) is 12.7 Å². The van der Waals surface area contributed by atoms with Gasteiger partial charge in [-0.2, -0.15) is 0 Å². The molecule has 1 aromatic carbocycles. The van der Waals surface area contributed by atoms with Crippen LogP contribution in [-0.2, 0) is 6.42 Å². The van der Waals surface area contributed by atoms with Crippen molar-refractivity contribution in [2.75, 3.05) is 7.11 Å². The molecular weight excluding hydrogens is 328 g/mol. The van der Waals surface area contributed by atoms with E-state index in [0.717, 1.165) is 35.8 Å². The highest BCUT2D eigenvalue weighted by molar-refractivity contribution is 5.39. The number of ether oxygens (including phenoxy) is 1. The number of hydrogen-bond acceptors (Lipinski definition) is 1. The van der Waals surface area contributed by atoms with E-state index >= 15 is 0 Å². The molecule has 0 saturated heterocycles. The molecule has 0 aromatic heterocycles. The van der Waals surface area contributed by atoms with E-state index in [1.807, 2.05) is 0 Å². The lowest BCUT2D eigenvalue weighted by molar-refractivity contribution is 0.246. The third-order valence-corrected chi connectivity index (χ3v) is 7.35. The molecule has 2 fully saturated rings. The SMILES string of the molecule is C=CC1CCC(CCC2CCC(c3ccc(OC)c(CCC)c3)CC2)CC1. The predicted octanol–water partition coefficient (Wildman–Crippen LogP) is 7.69. The molecule has 1 heteroatoms. The van der Waals surface area contributed by atoms with Crippen LogP contribution in [0.1, 0.15) is 94.6 Å². The first-order chi connectivity index (χ1) is 13.2. The van der Waals surface area contributed by atoms with Gasteiger partial charge in [-0.15, -0.1) is 6.58 Å². The lowest BCUT2D eigenvalue weighted by atomic mass is 9.74. The van der Waals surface area contributed by atoms with E-state index < -0.39 is 0 Å². The minimum atomic E-state index is 0.769. The summed E-state index contributed by atoms with van der Waals surface area (Å²) in [7, 11) is 1.79. The van der Waals surface area contributed by atoms with Crippen LogP contribution in [0.2, 0.25) is 0 Å². The Morgan fingerprint density at radius 2 is 1.59 bits per heavy atom. The molecule has 0 unspecified atom stereocenters. The molecule has 2 aliphatic rings. The van der Waals surface area contributed by atoms with Crippen molar-refractivity contribution in [1.82, 2.24) is 0 Å². The Morgan fingerprint density at radius 3 is 2.15 bits per heavy atom. The Labute approximate surface area is 167 Å². The Hall–Kier alpha value is -1.24. The maximum atomic E-state index is 5.56. The number of methoxy groups -OCH3 is 1. The van der Waals surface area contributed by atoms with Crippen LogP contribution in [0.25, 0.3) is 0 Å². The Morgan fingerprint density at radius 1 is 0.963 bits per heavy atom. The van der Waals surface area contributed by atoms with Crippen molar-refractivity contribution < 1.29 is 4.74 Å². The highest BCUT2D eigenvalue weighted by Crippen LogP contribution is 2.40. The molecule has 150 valence electrons. The molecule has 3 rings (SSSR count). The van der Waals surface area contributed by atoms with Gasteiger partial charge in [0.1, 0.15) is 5.75 Å². The van der Waals surface area contributed by atoms with Crippen molar-refractivity contribution in [2.24, 2.45) is 17.8 Å². The van der Waals surface area contributed by atoms with Gasteiger partial charge in [0.25, 0.3) is 0 Å². The summed E-state index contributed by atoms with van der Waals surface area (Å²) in [6.45, 7) is 6.23. The third-order valence-electron chi connectivity index (χ3n) is 7.35. The zero-order valence-corrected chi connectivity index (χ0v) is 17.7. The van der Waals surface area contributed by atoms with Gasteiger partial charge in [-0.3, -0.25) is 0 Å². The van der Waals surface area contributed by atoms with Crippen LogP contribution in [-0.4, -0.2) is 7.11 Å². The highest BCUT2D eigenvalue weighted by Gasteiger charge is 2.25. The van der Waals surface area contributed by atoms with Crippen LogP contribution in [0, 0.1) is 17.8 Å². The van der Waals surface area contributed by atoms with Gasteiger partial charge >= 0.3 is 0 Å². The summed E-state index contributed by atoms with van der Waals surface area (Å²) < 4.78 is 5.56. The number of aryl methyl sites for hydroxylation is 1. The van der Waals surface area contributed by atoms with Gasteiger partial charge in [0.2, 0.25) is 0 Å². The Kier molecular flexibility index (Phi) is 7.85. The summed E-state index contributed by atoms with van der Waals surface area (Å²) in [6, 6.07) is 6.96. The average molecular weight is 369 g/mol. The zero-order valence-electron chi connectivity index (χ0n) is 17.7. The molecule has 0 amide bonds. The first kappa shape index (κ1) is 20.5. The maximum absolute atomic E-state index is 5.56. The van der Waals surface area contributed by atoms with Crippen molar-refractivity contribution >= 4 is 0 Å². The summed E-state index contributed by atoms with van der Waals surface area (Å²) >= 11 is 0. The fourth-order valence-electron chi connectivity index (χ4n) is 5.49. The molecule has 0 N–H and O–H groups in total. The van der Waals surface area contributed by atoms with Crippen molar-refractivity contribution in [3.8, 4) is 5.75 Å². The molecule has 0 bridgehead atoms. The monoisotopic (exact) mass is 368 g/mol. The molecule has 0 radical (unpaired) electrons. The van der Waals surface area contributed by atoms with Crippen LogP contribution in [0.3, 0.4) is 0 Å². The number of rotatable bonds is 8. The quantitative estimate of drug-likeness (QED) is 0.427. The van der Waals surface area contributed by atoms with E-state index in [9.17, 15) is 0 Å². The Balaban J connectivity index is 1.45. The van der Waals surface area contributed by atoms with Gasteiger partial charge in [0.15, 0.2) is 0 Å². The minimum Gasteiger partial charge on any atom is -0.496 e. The third kappa shape index (κ3) is 5.62. The smallest absolute Gasteiger partial charge is 0.122 e. The standard InChI is InChI=1S/C26H40O/c1-4-6-25-19-24(17-18-26(25)27-3)23-15-13-22(14-16-23)12-11-21-9-7-20(5-2)8-10-21/h5,17-23H,2,4,6-16H2,1,3H3. The van der Waals surface area contributed by atoms with Gasteiger partial charge in [0, 0.05) is 0 Å². The molecule has 27 heavy (non-hydrogen) atoms. The fourth-order valence-corrected chi connectivity index (χ4v) is 5.49. The van der Waals surface area contributed by atoms with Crippen LogP contribution >= 0.6 is 0 Å². The van der Waals surface area contributed by atoms with E-state index in [4.69, 9.17) is 4.74 Å². The Bertz CT molecular complexity index is 574. The van der Waals surface area contributed by atoms with Gasteiger partial charge < -0.3 is 4.74 Å². The van der Waals surface area contributed by atoms with Crippen molar-refractivity contribution in [3.05, 3.63) is 42.0 Å². The van der Waals surface area contributed by atoms with Gasteiger partial charge in [-0.25, -0.2) is 0 Å². The number of hydrogen-bond donors (Lipinski definition) is 0. The fraction of sp³-hybridized carbons (Fsp3) is 0.692. The molecule has 0 aliphatic heterocycles. The topological polar surface area (TPSA) is 9.23 Å². The van der Waals surface area contributed by atoms with Crippen LogP contribution in [0.4, 0.5) is 0 Å². The zero-order chi connectivity index (χ0) is 19.1. The predicted molar refractivity (Wildman–Crippen MR) is 117 cm³/mol. The summed E-state index contributed by atoms with van der Waals surface area (Å²) in [5.41, 5.74) is 2.95. The number of allylic oxidation sites excluding steroid dienone is 1. The van der Waals surface area contributed by atoms with Gasteiger partial charge in [-0.1, -0.05) is 44.4 Å². The van der Waals surface area contributed by atoms with Crippen LogP contribution in [0.15, 0.2) is 30.9 Å². The molecule has 1 nitrogen and oxygen atoms in total. The lowest BCUT2D eigenvalue weighted by Crippen LogP contribution is -2.17. The molecule has 2 saturated carbocycles. The average Bonchev–Trinajstić information content (AvgIpc) is 2.73. The van der Waals surface area contributed by atoms with Crippen molar-refractivity contribution in [1.29, 1.82) is 0 Å². The molecular formula is C26H40O. The van der Waals surface area contributed by atoms with Gasteiger partial charge in [0.05, 0.1) is 7.11 Å². The summed E-state index contributed by atoms with van der Waals surface area (Å²) in [6.07, 6.45) is 18.7. The normalized spacial score (nSPS) is 28.7. The molecule has 0 spiro atoms. The van der Waals surface area contributed by atoms with E-state index in [2.05, 4.69) is 37.8 Å². The molecule has 1 aromatic rings. The minimum absolute atomic E-state index is 0.769. The van der Waals surface area contributed by atoms with Crippen molar-refractivity contribution in [2.45, 2.75) is 89.9 Å². The number of benzene rings is 1. The largest absolute Gasteiger partial charge is 0.496 e.